The van der Waals surface area contributed by atoms with Crippen LogP contribution in [0.2, 0.25) is 5.02 Å². The van der Waals surface area contributed by atoms with Crippen LogP contribution < -0.4 is 11.1 Å². The minimum absolute atomic E-state index is 0.0252. The molecule has 1 aromatic heterocycles. The van der Waals surface area contributed by atoms with E-state index in [2.05, 4.69) is 15.5 Å². The number of nitrogens with two attached hydrogens (primary N) is 1. The fourth-order valence-electron chi connectivity index (χ4n) is 1.13. The summed E-state index contributed by atoms with van der Waals surface area (Å²) < 4.78 is 4.98. The first-order chi connectivity index (χ1) is 7.15. The molecule has 0 aliphatic carbocycles. The molecule has 1 aromatic carbocycles. The van der Waals surface area contributed by atoms with Crippen molar-refractivity contribution in [2.75, 3.05) is 11.1 Å². The molecule has 3 N–H and O–H groups in total. The minimum atomic E-state index is 0.0252. The standard InChI is InChI=1S/C9H9ClN4O/c1-5-2-3-6(10)4-7(5)12-9-14-13-8(11)15-9/h2-4H,1H3,(H2,11,13)(H,12,14). The van der Waals surface area contributed by atoms with Crippen LogP contribution in [-0.4, -0.2) is 10.2 Å². The normalized spacial score (nSPS) is 10.3. The van der Waals surface area contributed by atoms with Crippen LogP contribution in [-0.2, 0) is 0 Å². The van der Waals surface area contributed by atoms with Gasteiger partial charge in [-0.3, -0.25) is 0 Å². The summed E-state index contributed by atoms with van der Waals surface area (Å²) in [7, 11) is 0. The van der Waals surface area contributed by atoms with Gasteiger partial charge in [0.15, 0.2) is 0 Å². The molecule has 0 unspecified atom stereocenters. The van der Waals surface area contributed by atoms with Crippen LogP contribution in [0.25, 0.3) is 0 Å². The van der Waals surface area contributed by atoms with Crippen molar-refractivity contribution in [2.45, 2.75) is 6.92 Å². The molecule has 2 aromatic rings. The molecule has 6 heteroatoms. The molecule has 0 aliphatic heterocycles. The Morgan fingerprint density at radius 2 is 2.20 bits per heavy atom. The molecule has 0 atom stereocenters. The van der Waals surface area contributed by atoms with Crippen LogP contribution in [0, 0.1) is 6.92 Å². The topological polar surface area (TPSA) is 77.0 Å². The molecule has 0 aliphatic rings. The number of aryl methyl sites for hydroxylation is 1. The molecule has 0 saturated carbocycles. The molecule has 0 radical (unpaired) electrons. The van der Waals surface area contributed by atoms with Gasteiger partial charge in [-0.1, -0.05) is 27.9 Å². The van der Waals surface area contributed by atoms with E-state index in [1.165, 1.54) is 0 Å². The third-order valence-electron chi connectivity index (χ3n) is 1.88. The number of benzene rings is 1. The van der Waals surface area contributed by atoms with Gasteiger partial charge < -0.3 is 15.5 Å². The van der Waals surface area contributed by atoms with Gasteiger partial charge in [0.1, 0.15) is 0 Å². The second-order valence-corrected chi connectivity index (χ2v) is 3.47. The average Bonchev–Trinajstić information content (AvgIpc) is 2.58. The zero-order chi connectivity index (χ0) is 10.8. The van der Waals surface area contributed by atoms with Crippen LogP contribution in [0.5, 0.6) is 0 Å². The monoisotopic (exact) mass is 224 g/mol. The minimum Gasteiger partial charge on any atom is -0.389 e. The molecule has 0 saturated heterocycles. The van der Waals surface area contributed by atoms with Crippen LogP contribution in [0.15, 0.2) is 22.6 Å². The lowest BCUT2D eigenvalue weighted by atomic mass is 10.2. The summed E-state index contributed by atoms with van der Waals surface area (Å²) in [5.41, 5.74) is 7.13. The first-order valence-corrected chi connectivity index (χ1v) is 4.65. The zero-order valence-electron chi connectivity index (χ0n) is 7.99. The van der Waals surface area contributed by atoms with Gasteiger partial charge in [-0.25, -0.2) is 0 Å². The molecular weight excluding hydrogens is 216 g/mol. The average molecular weight is 225 g/mol. The first kappa shape index (κ1) is 9.79. The van der Waals surface area contributed by atoms with Gasteiger partial charge in [0.05, 0.1) is 0 Å². The number of nitrogen functional groups attached to an aromatic ring is 1. The highest BCUT2D eigenvalue weighted by atomic mass is 35.5. The van der Waals surface area contributed by atoms with Gasteiger partial charge in [-0.15, -0.1) is 0 Å². The van der Waals surface area contributed by atoms with Crippen molar-refractivity contribution in [1.82, 2.24) is 10.2 Å². The lowest BCUT2D eigenvalue weighted by Crippen LogP contribution is -1.93. The van der Waals surface area contributed by atoms with Crippen molar-refractivity contribution in [3.63, 3.8) is 0 Å². The maximum Gasteiger partial charge on any atom is 0.321 e. The Hall–Kier alpha value is -1.75. The Balaban J connectivity index is 2.27. The van der Waals surface area contributed by atoms with E-state index in [1.54, 1.807) is 6.07 Å². The summed E-state index contributed by atoms with van der Waals surface area (Å²) >= 11 is 5.86. The number of nitrogens with one attached hydrogen (secondary N) is 1. The Morgan fingerprint density at radius 1 is 1.40 bits per heavy atom. The molecule has 78 valence electrons. The van der Waals surface area contributed by atoms with Gasteiger partial charge in [0.2, 0.25) is 0 Å². The lowest BCUT2D eigenvalue weighted by molar-refractivity contribution is 0.593. The van der Waals surface area contributed by atoms with Crippen LogP contribution in [0.4, 0.5) is 17.7 Å². The molecule has 5 nitrogen and oxygen atoms in total. The van der Waals surface area contributed by atoms with Gasteiger partial charge >= 0.3 is 12.0 Å². The zero-order valence-corrected chi connectivity index (χ0v) is 8.75. The summed E-state index contributed by atoms with van der Waals surface area (Å²) in [6.07, 6.45) is 0. The van der Waals surface area contributed by atoms with E-state index in [0.717, 1.165) is 11.3 Å². The lowest BCUT2D eigenvalue weighted by Gasteiger charge is -2.05. The maximum atomic E-state index is 5.86. The second-order valence-electron chi connectivity index (χ2n) is 3.03. The summed E-state index contributed by atoms with van der Waals surface area (Å²) in [6, 6.07) is 5.75. The second kappa shape index (κ2) is 3.78. The Labute approximate surface area is 91.2 Å². The molecule has 1 heterocycles. The number of anilines is 3. The van der Waals surface area contributed by atoms with Crippen molar-refractivity contribution in [1.29, 1.82) is 0 Å². The number of aromatic nitrogens is 2. The first-order valence-electron chi connectivity index (χ1n) is 4.27. The van der Waals surface area contributed by atoms with Crippen molar-refractivity contribution in [3.05, 3.63) is 28.8 Å². The van der Waals surface area contributed by atoms with Crippen molar-refractivity contribution < 1.29 is 4.42 Å². The van der Waals surface area contributed by atoms with Crippen molar-refractivity contribution in [3.8, 4) is 0 Å². The van der Waals surface area contributed by atoms with E-state index in [9.17, 15) is 0 Å². The number of rotatable bonds is 2. The third-order valence-corrected chi connectivity index (χ3v) is 2.12. The third kappa shape index (κ3) is 2.19. The molecule has 0 fully saturated rings. The Bertz CT molecular complexity index is 483. The highest BCUT2D eigenvalue weighted by Gasteiger charge is 2.05. The van der Waals surface area contributed by atoms with Gasteiger partial charge in [-0.05, 0) is 24.6 Å². The van der Waals surface area contributed by atoms with Crippen molar-refractivity contribution in [2.24, 2.45) is 0 Å². The van der Waals surface area contributed by atoms with Gasteiger partial charge in [0.25, 0.3) is 0 Å². The summed E-state index contributed by atoms with van der Waals surface area (Å²) in [6.45, 7) is 1.94. The SMILES string of the molecule is Cc1ccc(Cl)cc1Nc1nnc(N)o1. The number of nitrogens with zero attached hydrogens (tertiary/aromatic N) is 2. The fourth-order valence-corrected chi connectivity index (χ4v) is 1.30. The maximum absolute atomic E-state index is 5.86. The number of hydrogen-bond acceptors (Lipinski definition) is 5. The summed E-state index contributed by atoms with van der Waals surface area (Å²) in [5.74, 6) is 0. The van der Waals surface area contributed by atoms with Gasteiger partial charge in [-0.2, -0.15) is 0 Å². The largest absolute Gasteiger partial charge is 0.389 e. The van der Waals surface area contributed by atoms with Crippen LogP contribution in [0.1, 0.15) is 5.56 Å². The van der Waals surface area contributed by atoms with E-state index in [4.69, 9.17) is 21.8 Å². The summed E-state index contributed by atoms with van der Waals surface area (Å²) in [5, 5.41) is 10.8. The van der Waals surface area contributed by atoms with E-state index < -0.39 is 0 Å². The molecule has 0 spiro atoms. The Morgan fingerprint density at radius 3 is 2.87 bits per heavy atom. The van der Waals surface area contributed by atoms with E-state index in [-0.39, 0.29) is 12.0 Å². The predicted molar refractivity (Wildman–Crippen MR) is 58.2 cm³/mol. The van der Waals surface area contributed by atoms with E-state index >= 15 is 0 Å². The molecular formula is C9H9ClN4O. The molecule has 15 heavy (non-hydrogen) atoms. The summed E-state index contributed by atoms with van der Waals surface area (Å²) in [4.78, 5) is 0. The smallest absolute Gasteiger partial charge is 0.321 e. The van der Waals surface area contributed by atoms with Crippen LogP contribution >= 0.6 is 11.6 Å². The van der Waals surface area contributed by atoms with Crippen LogP contribution in [0.3, 0.4) is 0 Å². The van der Waals surface area contributed by atoms with E-state index in [0.29, 0.717) is 5.02 Å². The highest BCUT2D eigenvalue weighted by molar-refractivity contribution is 6.30. The number of hydrogen-bond donors (Lipinski definition) is 2. The van der Waals surface area contributed by atoms with Crippen molar-refractivity contribution >= 4 is 29.3 Å². The Kier molecular flexibility index (Phi) is 2.47. The molecule has 0 amide bonds. The molecule has 0 bridgehead atoms. The number of halogens is 1. The quantitative estimate of drug-likeness (QED) is 0.819. The predicted octanol–water partition coefficient (Wildman–Crippen LogP) is 2.36. The highest BCUT2D eigenvalue weighted by Crippen LogP contribution is 2.23. The fraction of sp³-hybridized carbons (Fsp3) is 0.111. The van der Waals surface area contributed by atoms with E-state index in [1.807, 2.05) is 19.1 Å². The van der Waals surface area contributed by atoms with Gasteiger partial charge in [0, 0.05) is 10.7 Å². The molecule has 2 rings (SSSR count).